The number of halogens is 1. The van der Waals surface area contributed by atoms with Crippen molar-refractivity contribution in [2.24, 2.45) is 7.05 Å². The van der Waals surface area contributed by atoms with E-state index in [1.807, 2.05) is 42.1 Å². The normalized spacial score (nSPS) is 13.2. The number of carbonyl (C=O) groups is 1. The highest BCUT2D eigenvalue weighted by atomic mass is 19.1. The van der Waals surface area contributed by atoms with E-state index in [4.69, 9.17) is 4.74 Å². The van der Waals surface area contributed by atoms with Gasteiger partial charge in [0.1, 0.15) is 5.82 Å². The summed E-state index contributed by atoms with van der Waals surface area (Å²) in [7, 11) is 1.91. The van der Waals surface area contributed by atoms with Crippen LogP contribution in [-0.2, 0) is 38.0 Å². The molecule has 0 atom stereocenters. The Morgan fingerprint density at radius 1 is 1.14 bits per heavy atom. The van der Waals surface area contributed by atoms with E-state index in [0.29, 0.717) is 32.7 Å². The number of aryl methyl sites for hydroxylation is 1. The fourth-order valence-corrected chi connectivity index (χ4v) is 3.56. The van der Waals surface area contributed by atoms with E-state index in [2.05, 4.69) is 10.4 Å². The zero-order valence-corrected chi connectivity index (χ0v) is 16.3. The molecule has 150 valence electrons. The minimum Gasteiger partial charge on any atom is -0.370 e. The van der Waals surface area contributed by atoms with Crippen molar-refractivity contribution in [3.05, 3.63) is 82.9 Å². The number of urea groups is 1. The molecule has 4 rings (SSSR count). The van der Waals surface area contributed by atoms with Crippen LogP contribution in [0, 0.1) is 5.82 Å². The lowest BCUT2D eigenvalue weighted by Gasteiger charge is -2.28. The molecule has 3 aromatic rings. The molecule has 7 heteroatoms. The van der Waals surface area contributed by atoms with E-state index in [1.54, 1.807) is 23.1 Å². The first-order valence-electron chi connectivity index (χ1n) is 9.57. The molecule has 0 bridgehead atoms. The molecule has 0 fully saturated rings. The zero-order chi connectivity index (χ0) is 20.2. The highest BCUT2D eigenvalue weighted by Crippen LogP contribution is 2.24. The number of para-hydroxylation sites is 1. The van der Waals surface area contributed by atoms with Gasteiger partial charge in [-0.05, 0) is 17.7 Å². The molecule has 0 spiro atoms. The van der Waals surface area contributed by atoms with Gasteiger partial charge < -0.3 is 15.0 Å². The number of aromatic nitrogens is 2. The van der Waals surface area contributed by atoms with Crippen LogP contribution in [0.5, 0.6) is 0 Å². The van der Waals surface area contributed by atoms with E-state index in [9.17, 15) is 9.18 Å². The highest BCUT2D eigenvalue weighted by Gasteiger charge is 2.27. The molecule has 6 nitrogen and oxygen atoms in total. The fourth-order valence-electron chi connectivity index (χ4n) is 3.56. The third-order valence-corrected chi connectivity index (χ3v) is 5.08. The van der Waals surface area contributed by atoms with Crippen molar-refractivity contribution in [1.82, 2.24) is 14.7 Å². The molecule has 29 heavy (non-hydrogen) atoms. The molecule has 1 aliphatic rings. The quantitative estimate of drug-likeness (QED) is 0.715. The smallest absolute Gasteiger partial charge is 0.322 e. The number of benzene rings is 2. The summed E-state index contributed by atoms with van der Waals surface area (Å²) >= 11 is 0. The summed E-state index contributed by atoms with van der Waals surface area (Å²) < 4.78 is 21.6. The Bertz CT molecular complexity index is 1000. The fraction of sp³-hybridized carbons (Fsp3) is 0.273. The molecule has 1 N–H and O–H groups in total. The van der Waals surface area contributed by atoms with Crippen molar-refractivity contribution in [3.63, 3.8) is 0 Å². The standard InChI is InChI=1S/C22H23FN4O2/c1-26-21-11-12-27(22(28)24-19-10-6-5-9-18(19)23)13-17(21)20(25-26)15-29-14-16-7-3-2-4-8-16/h2-10H,11-15H2,1H3,(H,24,28). The largest absolute Gasteiger partial charge is 0.370 e. The van der Waals surface area contributed by atoms with E-state index in [-0.39, 0.29) is 11.7 Å². The molecular formula is C22H23FN4O2. The van der Waals surface area contributed by atoms with Crippen LogP contribution in [0.3, 0.4) is 0 Å². The maximum absolute atomic E-state index is 13.8. The number of hydrogen-bond acceptors (Lipinski definition) is 3. The number of hydrogen-bond donors (Lipinski definition) is 1. The number of nitrogens with zero attached hydrogens (tertiary/aromatic N) is 3. The van der Waals surface area contributed by atoms with Gasteiger partial charge in [-0.3, -0.25) is 4.68 Å². The number of rotatable bonds is 5. The van der Waals surface area contributed by atoms with Crippen LogP contribution in [0.25, 0.3) is 0 Å². The third-order valence-electron chi connectivity index (χ3n) is 5.08. The van der Waals surface area contributed by atoms with Gasteiger partial charge in [0, 0.05) is 31.3 Å². The lowest BCUT2D eigenvalue weighted by atomic mass is 10.1. The molecule has 0 saturated heterocycles. The minimum atomic E-state index is -0.449. The van der Waals surface area contributed by atoms with Crippen LogP contribution in [0.15, 0.2) is 54.6 Å². The van der Waals surface area contributed by atoms with Crippen molar-refractivity contribution in [2.45, 2.75) is 26.2 Å². The molecule has 2 heterocycles. The lowest BCUT2D eigenvalue weighted by Crippen LogP contribution is -2.39. The van der Waals surface area contributed by atoms with E-state index in [0.717, 1.165) is 22.5 Å². The molecular weight excluding hydrogens is 371 g/mol. The van der Waals surface area contributed by atoms with Crippen LogP contribution in [-0.4, -0.2) is 27.3 Å². The first-order valence-corrected chi connectivity index (χ1v) is 9.57. The van der Waals surface area contributed by atoms with E-state index >= 15 is 0 Å². The highest BCUT2D eigenvalue weighted by molar-refractivity contribution is 5.89. The number of anilines is 1. The summed E-state index contributed by atoms with van der Waals surface area (Å²) in [5.74, 6) is -0.449. The number of fused-ring (bicyclic) bond motifs is 1. The van der Waals surface area contributed by atoms with Crippen LogP contribution < -0.4 is 5.32 Å². The second-order valence-corrected chi connectivity index (χ2v) is 7.06. The Labute approximate surface area is 168 Å². The first kappa shape index (κ1) is 19.1. The minimum absolute atomic E-state index is 0.181. The van der Waals surface area contributed by atoms with Crippen molar-refractivity contribution in [2.75, 3.05) is 11.9 Å². The summed E-state index contributed by atoms with van der Waals surface area (Å²) in [6.45, 7) is 1.86. The van der Waals surface area contributed by atoms with Gasteiger partial charge in [-0.2, -0.15) is 5.10 Å². The van der Waals surface area contributed by atoms with E-state index in [1.165, 1.54) is 6.07 Å². The maximum Gasteiger partial charge on any atom is 0.322 e. The third kappa shape index (κ3) is 4.30. The number of carbonyl (C=O) groups excluding carboxylic acids is 1. The van der Waals surface area contributed by atoms with Gasteiger partial charge in [0.15, 0.2) is 0 Å². The summed E-state index contributed by atoms with van der Waals surface area (Å²) in [5, 5.41) is 7.24. The SMILES string of the molecule is Cn1nc(COCc2ccccc2)c2c1CCN(C(=O)Nc1ccccc1F)C2. The zero-order valence-electron chi connectivity index (χ0n) is 16.3. The molecule has 2 aromatic carbocycles. The molecule has 0 saturated carbocycles. The average molecular weight is 394 g/mol. The Morgan fingerprint density at radius 2 is 1.90 bits per heavy atom. The Morgan fingerprint density at radius 3 is 2.69 bits per heavy atom. The van der Waals surface area contributed by atoms with Crippen LogP contribution in [0.2, 0.25) is 0 Å². The van der Waals surface area contributed by atoms with Crippen LogP contribution >= 0.6 is 0 Å². The molecule has 0 aliphatic carbocycles. The van der Waals surface area contributed by atoms with Crippen molar-refractivity contribution in [1.29, 1.82) is 0 Å². The molecule has 2 amide bonds. The predicted octanol–water partition coefficient (Wildman–Crippen LogP) is 3.87. The summed E-state index contributed by atoms with van der Waals surface area (Å²) in [6, 6.07) is 15.8. The van der Waals surface area contributed by atoms with Crippen LogP contribution in [0.1, 0.15) is 22.5 Å². The van der Waals surface area contributed by atoms with Crippen molar-refractivity contribution >= 4 is 11.7 Å². The van der Waals surface area contributed by atoms with Gasteiger partial charge in [0.25, 0.3) is 0 Å². The predicted molar refractivity (Wildman–Crippen MR) is 108 cm³/mol. The maximum atomic E-state index is 13.8. The second-order valence-electron chi connectivity index (χ2n) is 7.06. The van der Waals surface area contributed by atoms with Crippen LogP contribution in [0.4, 0.5) is 14.9 Å². The molecule has 0 unspecified atom stereocenters. The Balaban J connectivity index is 1.42. The van der Waals surface area contributed by atoms with Gasteiger partial charge in [-0.15, -0.1) is 0 Å². The van der Waals surface area contributed by atoms with Crippen molar-refractivity contribution in [3.8, 4) is 0 Å². The van der Waals surface area contributed by atoms with Gasteiger partial charge >= 0.3 is 6.03 Å². The molecule has 1 aliphatic heterocycles. The number of ether oxygens (including phenoxy) is 1. The van der Waals surface area contributed by atoms with Gasteiger partial charge in [0.2, 0.25) is 0 Å². The van der Waals surface area contributed by atoms with Gasteiger partial charge in [0.05, 0.1) is 31.1 Å². The average Bonchev–Trinajstić information content (AvgIpc) is 3.05. The Hall–Kier alpha value is -3.19. The molecule has 1 aromatic heterocycles. The lowest BCUT2D eigenvalue weighted by molar-refractivity contribution is 0.103. The summed E-state index contributed by atoms with van der Waals surface area (Å²) in [4.78, 5) is 14.3. The second kappa shape index (κ2) is 8.45. The first-order chi connectivity index (χ1) is 14.1. The number of amides is 2. The van der Waals surface area contributed by atoms with Crippen molar-refractivity contribution < 1.29 is 13.9 Å². The number of nitrogens with one attached hydrogen (secondary N) is 1. The van der Waals surface area contributed by atoms with E-state index < -0.39 is 5.82 Å². The summed E-state index contributed by atoms with van der Waals surface area (Å²) in [5.41, 5.74) is 4.24. The molecule has 0 radical (unpaired) electrons. The monoisotopic (exact) mass is 394 g/mol. The Kier molecular flexibility index (Phi) is 5.57. The van der Waals surface area contributed by atoms with Gasteiger partial charge in [-0.1, -0.05) is 42.5 Å². The summed E-state index contributed by atoms with van der Waals surface area (Å²) in [6.07, 6.45) is 0.697. The topological polar surface area (TPSA) is 59.4 Å². The van der Waals surface area contributed by atoms with Gasteiger partial charge in [-0.25, -0.2) is 9.18 Å².